The van der Waals surface area contributed by atoms with Crippen molar-refractivity contribution >= 4 is 23.0 Å². The third-order valence-corrected chi connectivity index (χ3v) is 4.51. The van der Waals surface area contributed by atoms with Gasteiger partial charge in [-0.2, -0.15) is 4.98 Å². The van der Waals surface area contributed by atoms with Crippen molar-refractivity contribution in [3.05, 3.63) is 27.7 Å². The standard InChI is InChI=1S/C16H18N4O4/c1-9-12-13(21)11(15(22)23)8-20(10-2-3-10)14(12)18-16(17-9)19-4-6-24-7-5-19/h8,10H,2-7H2,1H3,(H,22,23). The van der Waals surface area contributed by atoms with Gasteiger partial charge in [0, 0.05) is 25.3 Å². The molecule has 2 fully saturated rings. The lowest BCUT2D eigenvalue weighted by atomic mass is 10.1. The molecule has 2 aromatic heterocycles. The highest BCUT2D eigenvalue weighted by atomic mass is 16.5. The van der Waals surface area contributed by atoms with E-state index in [4.69, 9.17) is 4.74 Å². The first kappa shape index (κ1) is 15.1. The average molecular weight is 330 g/mol. The third kappa shape index (κ3) is 2.43. The number of pyridine rings is 1. The number of hydrogen-bond donors (Lipinski definition) is 1. The summed E-state index contributed by atoms with van der Waals surface area (Å²) in [5.41, 5.74) is 0.311. The number of aromatic carboxylic acids is 1. The molecule has 126 valence electrons. The second kappa shape index (κ2) is 5.55. The molecule has 8 heteroatoms. The molecule has 1 N–H and O–H groups in total. The Morgan fingerprint density at radius 2 is 2.00 bits per heavy atom. The molecule has 0 amide bonds. The van der Waals surface area contributed by atoms with Crippen molar-refractivity contribution < 1.29 is 14.6 Å². The molecule has 1 saturated carbocycles. The lowest BCUT2D eigenvalue weighted by molar-refractivity contribution is 0.0695. The maximum atomic E-state index is 12.6. The molecule has 2 aliphatic rings. The molecule has 1 saturated heterocycles. The van der Waals surface area contributed by atoms with Gasteiger partial charge in [0.1, 0.15) is 11.2 Å². The maximum absolute atomic E-state index is 12.6. The second-order valence-electron chi connectivity index (χ2n) is 6.22. The first-order valence-electron chi connectivity index (χ1n) is 8.05. The molecule has 0 unspecified atom stereocenters. The molecular weight excluding hydrogens is 312 g/mol. The predicted octanol–water partition coefficient (Wildman–Crippen LogP) is 0.970. The van der Waals surface area contributed by atoms with Crippen molar-refractivity contribution in [2.24, 2.45) is 0 Å². The molecule has 0 aromatic carbocycles. The number of rotatable bonds is 3. The molecular formula is C16H18N4O4. The minimum Gasteiger partial charge on any atom is -0.477 e. The van der Waals surface area contributed by atoms with Crippen LogP contribution >= 0.6 is 0 Å². The predicted molar refractivity (Wildman–Crippen MR) is 86.8 cm³/mol. The molecule has 24 heavy (non-hydrogen) atoms. The van der Waals surface area contributed by atoms with E-state index in [-0.39, 0.29) is 11.6 Å². The summed E-state index contributed by atoms with van der Waals surface area (Å²) < 4.78 is 7.19. The number of carboxylic acids is 1. The molecule has 0 spiro atoms. The fourth-order valence-corrected chi connectivity index (χ4v) is 3.08. The van der Waals surface area contributed by atoms with E-state index in [1.54, 1.807) is 6.92 Å². The van der Waals surface area contributed by atoms with Crippen LogP contribution in [0.1, 0.15) is 34.9 Å². The van der Waals surface area contributed by atoms with Crippen molar-refractivity contribution in [3.8, 4) is 0 Å². The molecule has 8 nitrogen and oxygen atoms in total. The Morgan fingerprint density at radius 1 is 1.29 bits per heavy atom. The van der Waals surface area contributed by atoms with Gasteiger partial charge < -0.3 is 19.3 Å². The van der Waals surface area contributed by atoms with E-state index in [9.17, 15) is 14.7 Å². The van der Waals surface area contributed by atoms with Gasteiger partial charge in [-0.1, -0.05) is 0 Å². The molecule has 0 radical (unpaired) electrons. The highest BCUT2D eigenvalue weighted by Crippen LogP contribution is 2.37. The molecule has 1 aliphatic carbocycles. The van der Waals surface area contributed by atoms with E-state index in [2.05, 4.69) is 9.97 Å². The Balaban J connectivity index is 1.96. The fraction of sp³-hybridized carbons (Fsp3) is 0.500. The van der Waals surface area contributed by atoms with E-state index in [1.807, 2.05) is 9.47 Å². The maximum Gasteiger partial charge on any atom is 0.341 e. The van der Waals surface area contributed by atoms with Gasteiger partial charge in [0.2, 0.25) is 11.4 Å². The van der Waals surface area contributed by atoms with Gasteiger partial charge in [0.05, 0.1) is 24.3 Å². The molecule has 0 bridgehead atoms. The number of hydrogen-bond acceptors (Lipinski definition) is 6. The van der Waals surface area contributed by atoms with Gasteiger partial charge in [-0.05, 0) is 19.8 Å². The van der Waals surface area contributed by atoms with Crippen LogP contribution < -0.4 is 10.3 Å². The highest BCUT2D eigenvalue weighted by molar-refractivity contribution is 5.92. The smallest absolute Gasteiger partial charge is 0.341 e. The Bertz CT molecular complexity index is 882. The number of aromatic nitrogens is 3. The van der Waals surface area contributed by atoms with Crippen molar-refractivity contribution in [2.75, 3.05) is 31.2 Å². The minimum absolute atomic E-state index is 0.207. The zero-order valence-electron chi connectivity index (χ0n) is 13.4. The molecule has 1 aliphatic heterocycles. The van der Waals surface area contributed by atoms with Crippen LogP contribution in [-0.2, 0) is 4.74 Å². The summed E-state index contributed by atoms with van der Waals surface area (Å²) in [5, 5.41) is 9.63. The number of ether oxygens (including phenoxy) is 1. The van der Waals surface area contributed by atoms with Crippen molar-refractivity contribution in [3.63, 3.8) is 0 Å². The largest absolute Gasteiger partial charge is 0.477 e. The monoisotopic (exact) mass is 330 g/mol. The van der Waals surface area contributed by atoms with Gasteiger partial charge in [-0.15, -0.1) is 0 Å². The summed E-state index contributed by atoms with van der Waals surface area (Å²) in [4.78, 5) is 35.1. The number of morpholine rings is 1. The summed E-state index contributed by atoms with van der Waals surface area (Å²) in [7, 11) is 0. The van der Waals surface area contributed by atoms with E-state index in [0.29, 0.717) is 49.0 Å². The normalized spacial score (nSPS) is 18.1. The van der Waals surface area contributed by atoms with Gasteiger partial charge >= 0.3 is 5.97 Å². The lowest BCUT2D eigenvalue weighted by Crippen LogP contribution is -2.37. The first-order valence-corrected chi connectivity index (χ1v) is 8.05. The van der Waals surface area contributed by atoms with Gasteiger partial charge in [-0.25, -0.2) is 9.78 Å². The summed E-state index contributed by atoms with van der Waals surface area (Å²) in [6.07, 6.45) is 3.36. The zero-order valence-corrected chi connectivity index (χ0v) is 13.4. The van der Waals surface area contributed by atoms with E-state index in [1.165, 1.54) is 6.20 Å². The molecule has 4 rings (SSSR count). The van der Waals surface area contributed by atoms with Crippen LogP contribution in [0.4, 0.5) is 5.95 Å². The van der Waals surface area contributed by atoms with E-state index >= 15 is 0 Å². The summed E-state index contributed by atoms with van der Waals surface area (Å²) in [6, 6.07) is 0.207. The Hall–Kier alpha value is -2.48. The summed E-state index contributed by atoms with van der Waals surface area (Å²) in [5.74, 6) is -0.645. The van der Waals surface area contributed by atoms with Crippen molar-refractivity contribution in [1.29, 1.82) is 0 Å². The molecule has 0 atom stereocenters. The topological polar surface area (TPSA) is 97.6 Å². The van der Waals surface area contributed by atoms with Crippen LogP contribution in [0.2, 0.25) is 0 Å². The minimum atomic E-state index is -1.21. The lowest BCUT2D eigenvalue weighted by Gasteiger charge is -2.27. The zero-order chi connectivity index (χ0) is 16.8. The number of carbonyl (C=O) groups is 1. The summed E-state index contributed by atoms with van der Waals surface area (Å²) in [6.45, 7) is 4.37. The van der Waals surface area contributed by atoms with Gasteiger partial charge in [0.25, 0.3) is 0 Å². The average Bonchev–Trinajstić information content (AvgIpc) is 3.40. The fourth-order valence-electron chi connectivity index (χ4n) is 3.08. The molecule has 2 aromatic rings. The van der Waals surface area contributed by atoms with Crippen LogP contribution in [0, 0.1) is 6.92 Å². The van der Waals surface area contributed by atoms with Gasteiger partial charge in [-0.3, -0.25) is 4.79 Å². The van der Waals surface area contributed by atoms with Crippen LogP contribution in [0.25, 0.3) is 11.0 Å². The van der Waals surface area contributed by atoms with Crippen LogP contribution in [0.5, 0.6) is 0 Å². The van der Waals surface area contributed by atoms with Crippen LogP contribution in [-0.4, -0.2) is 51.9 Å². The Labute approximate surface area is 137 Å². The van der Waals surface area contributed by atoms with Crippen molar-refractivity contribution in [1.82, 2.24) is 14.5 Å². The van der Waals surface area contributed by atoms with E-state index < -0.39 is 11.4 Å². The van der Waals surface area contributed by atoms with Gasteiger partial charge in [0.15, 0.2) is 0 Å². The highest BCUT2D eigenvalue weighted by Gasteiger charge is 2.29. The third-order valence-electron chi connectivity index (χ3n) is 4.51. The quantitative estimate of drug-likeness (QED) is 0.895. The number of carboxylic acid groups (broad SMARTS) is 1. The van der Waals surface area contributed by atoms with Crippen molar-refractivity contribution in [2.45, 2.75) is 25.8 Å². The second-order valence-corrected chi connectivity index (χ2v) is 6.22. The number of fused-ring (bicyclic) bond motifs is 1. The number of nitrogens with zero attached hydrogens (tertiary/aromatic N) is 4. The Morgan fingerprint density at radius 3 is 2.62 bits per heavy atom. The van der Waals surface area contributed by atoms with E-state index in [0.717, 1.165) is 12.8 Å². The van der Waals surface area contributed by atoms with Crippen LogP contribution in [0.15, 0.2) is 11.0 Å². The summed E-state index contributed by atoms with van der Waals surface area (Å²) >= 11 is 0. The first-order chi connectivity index (χ1) is 11.6. The van der Waals surface area contributed by atoms with Crippen LogP contribution in [0.3, 0.4) is 0 Å². The number of anilines is 1. The number of aryl methyl sites for hydroxylation is 1. The molecule has 3 heterocycles. The SMILES string of the molecule is Cc1nc(N2CCOCC2)nc2c1c(=O)c(C(=O)O)cn2C1CC1. The Kier molecular flexibility index (Phi) is 3.49.